The Bertz CT molecular complexity index is 1280. The van der Waals surface area contributed by atoms with Crippen molar-refractivity contribution in [3.8, 4) is 0 Å². The summed E-state index contributed by atoms with van der Waals surface area (Å²) >= 11 is 0. The van der Waals surface area contributed by atoms with Gasteiger partial charge in [-0.3, -0.25) is 24.5 Å². The van der Waals surface area contributed by atoms with Gasteiger partial charge in [0.05, 0.1) is 10.6 Å². The summed E-state index contributed by atoms with van der Waals surface area (Å²) in [5.41, 5.74) is 8.98. The molecular formula is C28H34N6O5. The Morgan fingerprint density at radius 1 is 1.21 bits per heavy atom. The van der Waals surface area contributed by atoms with E-state index < -0.39 is 4.92 Å². The summed E-state index contributed by atoms with van der Waals surface area (Å²) in [5.74, 6) is -0.235. The minimum Gasteiger partial charge on any atom is -0.387 e. The number of nitro groups is 1. The molecule has 4 rings (SSSR count). The van der Waals surface area contributed by atoms with Crippen LogP contribution < -0.4 is 11.1 Å². The lowest BCUT2D eigenvalue weighted by Gasteiger charge is -2.29. The maximum absolute atomic E-state index is 13.4. The molecule has 39 heavy (non-hydrogen) atoms. The van der Waals surface area contributed by atoms with E-state index in [-0.39, 0.29) is 42.4 Å². The average Bonchev–Trinajstić information content (AvgIpc) is 3.09. The summed E-state index contributed by atoms with van der Waals surface area (Å²) < 4.78 is 0. The molecule has 0 aromatic heterocycles. The molecule has 2 heterocycles. The minimum atomic E-state index is -0.467. The Kier molecular flexibility index (Phi) is 9.05. The Hall–Kier alpha value is -4.09. The standard InChI is InChI=1S/C28H34N6O5/c1-3-12-33(39-18-19-4-8-24(9-5-19)34(37)38)28(36)22-15-20-6-7-21(16-25(20)31-26(29)17-22)27(35)30-23-10-13-32(2)14-11-23/h4-9,15-16,23H,3,10-14,17-18H2,1-2H3,(H2,29,31)(H,30,35). The number of amidine groups is 1. The molecule has 1 fully saturated rings. The summed E-state index contributed by atoms with van der Waals surface area (Å²) in [6.45, 7) is 4.25. The fourth-order valence-corrected chi connectivity index (χ4v) is 4.55. The van der Waals surface area contributed by atoms with E-state index in [9.17, 15) is 19.7 Å². The molecule has 3 N–H and O–H groups in total. The molecule has 0 bridgehead atoms. The van der Waals surface area contributed by atoms with Crippen molar-refractivity contribution in [2.45, 2.75) is 45.3 Å². The second-order valence-corrected chi connectivity index (χ2v) is 9.88. The molecule has 2 aliphatic heterocycles. The summed E-state index contributed by atoms with van der Waals surface area (Å²) in [6.07, 6.45) is 4.35. The van der Waals surface area contributed by atoms with Gasteiger partial charge in [-0.15, -0.1) is 0 Å². The minimum absolute atomic E-state index is 0.0141. The van der Waals surface area contributed by atoms with Gasteiger partial charge in [-0.2, -0.15) is 0 Å². The van der Waals surface area contributed by atoms with Crippen molar-refractivity contribution in [3.05, 3.63) is 74.8 Å². The van der Waals surface area contributed by atoms with Gasteiger partial charge in [-0.25, -0.2) is 10.1 Å². The second-order valence-electron chi connectivity index (χ2n) is 9.88. The predicted octanol–water partition coefficient (Wildman–Crippen LogP) is 3.57. The van der Waals surface area contributed by atoms with Gasteiger partial charge in [0.1, 0.15) is 12.4 Å². The van der Waals surface area contributed by atoms with Crippen molar-refractivity contribution < 1.29 is 19.3 Å². The molecule has 11 nitrogen and oxygen atoms in total. The lowest BCUT2D eigenvalue weighted by atomic mass is 10.0. The molecule has 206 valence electrons. The highest BCUT2D eigenvalue weighted by molar-refractivity contribution is 6.05. The molecule has 0 spiro atoms. The zero-order valence-corrected chi connectivity index (χ0v) is 22.3. The van der Waals surface area contributed by atoms with Gasteiger partial charge < -0.3 is 16.0 Å². The highest BCUT2D eigenvalue weighted by Crippen LogP contribution is 2.29. The summed E-state index contributed by atoms with van der Waals surface area (Å²) in [6, 6.07) is 11.3. The Morgan fingerprint density at radius 2 is 1.92 bits per heavy atom. The topological polar surface area (TPSA) is 143 Å². The number of nitrogens with zero attached hydrogens (tertiary/aromatic N) is 4. The molecule has 0 atom stereocenters. The summed E-state index contributed by atoms with van der Waals surface area (Å²) in [4.78, 5) is 49.3. The molecule has 0 saturated carbocycles. The van der Waals surface area contributed by atoms with Gasteiger partial charge in [0.15, 0.2) is 0 Å². The van der Waals surface area contributed by atoms with Crippen LogP contribution in [0.5, 0.6) is 0 Å². The second kappa shape index (κ2) is 12.6. The average molecular weight is 535 g/mol. The number of benzene rings is 2. The lowest BCUT2D eigenvalue weighted by Crippen LogP contribution is -2.43. The molecule has 0 unspecified atom stereocenters. The first-order valence-corrected chi connectivity index (χ1v) is 13.1. The van der Waals surface area contributed by atoms with E-state index in [1.54, 1.807) is 36.4 Å². The Labute approximate surface area is 227 Å². The van der Waals surface area contributed by atoms with E-state index in [0.717, 1.165) is 25.9 Å². The van der Waals surface area contributed by atoms with Crippen LogP contribution in [-0.2, 0) is 16.2 Å². The number of non-ortho nitro benzene ring substituents is 1. The van der Waals surface area contributed by atoms with Crippen LogP contribution in [0.15, 0.2) is 53.0 Å². The van der Waals surface area contributed by atoms with Gasteiger partial charge in [0, 0.05) is 47.8 Å². The number of nitro benzene ring substituents is 1. The van der Waals surface area contributed by atoms with Gasteiger partial charge in [0.2, 0.25) is 0 Å². The number of carbonyl (C=O) groups excluding carboxylic acids is 2. The van der Waals surface area contributed by atoms with Crippen molar-refractivity contribution in [1.29, 1.82) is 0 Å². The van der Waals surface area contributed by atoms with Gasteiger partial charge in [0.25, 0.3) is 17.5 Å². The van der Waals surface area contributed by atoms with Crippen molar-refractivity contribution in [3.63, 3.8) is 0 Å². The number of amides is 2. The highest BCUT2D eigenvalue weighted by atomic mass is 16.7. The van der Waals surface area contributed by atoms with Gasteiger partial charge in [-0.1, -0.05) is 13.0 Å². The van der Waals surface area contributed by atoms with Crippen LogP contribution in [0.1, 0.15) is 54.1 Å². The Balaban J connectivity index is 1.47. The van der Waals surface area contributed by atoms with Crippen LogP contribution in [0.25, 0.3) is 6.08 Å². The number of hydroxylamine groups is 2. The number of likely N-dealkylation sites (tertiary alicyclic amines) is 1. The number of nitrogens with two attached hydrogens (primary N) is 1. The molecule has 2 aliphatic rings. The van der Waals surface area contributed by atoms with E-state index in [4.69, 9.17) is 10.6 Å². The van der Waals surface area contributed by atoms with E-state index in [2.05, 4.69) is 22.3 Å². The first-order valence-electron chi connectivity index (χ1n) is 13.1. The predicted molar refractivity (Wildman–Crippen MR) is 148 cm³/mol. The van der Waals surface area contributed by atoms with Gasteiger partial charge >= 0.3 is 0 Å². The highest BCUT2D eigenvalue weighted by Gasteiger charge is 2.24. The molecule has 2 aromatic carbocycles. The van der Waals surface area contributed by atoms with Crippen molar-refractivity contribution in [1.82, 2.24) is 15.3 Å². The molecule has 0 aliphatic carbocycles. The zero-order valence-electron chi connectivity index (χ0n) is 22.3. The molecule has 11 heteroatoms. The van der Waals surface area contributed by atoms with Gasteiger partial charge in [-0.05, 0) is 75.3 Å². The fraction of sp³-hybridized carbons (Fsp3) is 0.393. The van der Waals surface area contributed by atoms with Crippen LogP contribution in [0.4, 0.5) is 11.4 Å². The number of piperidine rings is 1. The molecule has 0 radical (unpaired) electrons. The summed E-state index contributed by atoms with van der Waals surface area (Å²) in [7, 11) is 2.08. The third kappa shape index (κ3) is 7.27. The van der Waals surface area contributed by atoms with Crippen LogP contribution in [0, 0.1) is 10.1 Å². The first-order chi connectivity index (χ1) is 18.7. The van der Waals surface area contributed by atoms with Crippen molar-refractivity contribution in [2.24, 2.45) is 10.7 Å². The molecule has 2 amide bonds. The third-order valence-corrected chi connectivity index (χ3v) is 6.77. The third-order valence-electron chi connectivity index (χ3n) is 6.77. The number of fused-ring (bicyclic) bond motifs is 1. The maximum Gasteiger partial charge on any atom is 0.273 e. The molecular weight excluding hydrogens is 500 g/mol. The number of rotatable bonds is 9. The smallest absolute Gasteiger partial charge is 0.273 e. The lowest BCUT2D eigenvalue weighted by molar-refractivity contribution is -0.384. The van der Waals surface area contributed by atoms with Crippen LogP contribution in [0.3, 0.4) is 0 Å². The number of aliphatic imine (C=N–C) groups is 1. The first kappa shape index (κ1) is 27.9. The van der Waals surface area contributed by atoms with Crippen LogP contribution in [0.2, 0.25) is 0 Å². The Morgan fingerprint density at radius 3 is 2.59 bits per heavy atom. The van der Waals surface area contributed by atoms with E-state index in [1.165, 1.54) is 17.2 Å². The van der Waals surface area contributed by atoms with Crippen molar-refractivity contribution >= 4 is 35.1 Å². The quantitative estimate of drug-likeness (QED) is 0.370. The fourth-order valence-electron chi connectivity index (χ4n) is 4.55. The normalized spacial score (nSPS) is 15.9. The number of hydrogen-bond acceptors (Lipinski definition) is 8. The summed E-state index contributed by atoms with van der Waals surface area (Å²) in [5, 5.41) is 15.3. The zero-order chi connectivity index (χ0) is 27.9. The van der Waals surface area contributed by atoms with Crippen molar-refractivity contribution in [2.75, 3.05) is 26.7 Å². The largest absolute Gasteiger partial charge is 0.387 e. The monoisotopic (exact) mass is 534 g/mol. The van der Waals surface area contributed by atoms with E-state index in [1.807, 2.05) is 6.92 Å². The number of nitrogens with one attached hydrogen (secondary N) is 1. The number of hydrogen-bond donors (Lipinski definition) is 2. The van der Waals surface area contributed by atoms with E-state index >= 15 is 0 Å². The number of carbonyl (C=O) groups is 2. The van der Waals surface area contributed by atoms with Crippen LogP contribution >= 0.6 is 0 Å². The maximum atomic E-state index is 13.4. The molecule has 1 saturated heterocycles. The van der Waals surface area contributed by atoms with E-state index in [0.29, 0.717) is 40.9 Å². The molecule has 2 aromatic rings. The SMILES string of the molecule is CCCN(OCc1ccc([N+](=O)[O-])cc1)C(=O)C1=Cc2ccc(C(=O)NC3CCN(C)CC3)cc2N=C(N)C1. The van der Waals surface area contributed by atoms with Crippen LogP contribution in [-0.4, -0.2) is 65.3 Å².